The van der Waals surface area contributed by atoms with E-state index in [1.807, 2.05) is 12.1 Å². The average Bonchev–Trinajstić information content (AvgIpc) is 2.69. The first-order valence-corrected chi connectivity index (χ1v) is 10.6. The van der Waals surface area contributed by atoms with Gasteiger partial charge in [0.25, 0.3) is 0 Å². The van der Waals surface area contributed by atoms with Crippen molar-refractivity contribution in [2.75, 3.05) is 6.61 Å². The van der Waals surface area contributed by atoms with E-state index in [2.05, 4.69) is 43.3 Å². The first-order valence-electron chi connectivity index (χ1n) is 10.2. The van der Waals surface area contributed by atoms with Crippen LogP contribution in [0, 0.1) is 5.92 Å². The summed E-state index contributed by atoms with van der Waals surface area (Å²) in [6.45, 7) is 3.20. The van der Waals surface area contributed by atoms with Crippen LogP contribution < -0.4 is 0 Å². The Morgan fingerprint density at radius 2 is 1.50 bits per heavy atom. The molecule has 0 saturated carbocycles. The minimum Gasteiger partial charge on any atom is -0.373 e. The second-order valence-corrected chi connectivity index (χ2v) is 8.03. The lowest BCUT2D eigenvalue weighted by molar-refractivity contribution is -0.0198. The van der Waals surface area contributed by atoms with Crippen molar-refractivity contribution in [3.8, 4) is 11.1 Å². The fourth-order valence-electron chi connectivity index (χ4n) is 3.87. The van der Waals surface area contributed by atoms with E-state index in [4.69, 9.17) is 16.3 Å². The molecule has 140 valence electrons. The summed E-state index contributed by atoms with van der Waals surface area (Å²) in [4.78, 5) is 0. The number of unbranched alkanes of at least 4 members (excludes halogenated alkanes) is 4. The molecule has 1 aliphatic heterocycles. The summed E-state index contributed by atoms with van der Waals surface area (Å²) in [5.41, 5.74) is 3.74. The van der Waals surface area contributed by atoms with Crippen LogP contribution >= 0.6 is 11.6 Å². The van der Waals surface area contributed by atoms with Gasteiger partial charge in [0.2, 0.25) is 0 Å². The fraction of sp³-hybridized carbons (Fsp3) is 0.500. The third-order valence-corrected chi connectivity index (χ3v) is 5.80. The van der Waals surface area contributed by atoms with E-state index in [0.717, 1.165) is 24.0 Å². The van der Waals surface area contributed by atoms with Crippen molar-refractivity contribution in [3.05, 3.63) is 59.1 Å². The van der Waals surface area contributed by atoms with Crippen LogP contribution in [-0.4, -0.2) is 6.61 Å². The van der Waals surface area contributed by atoms with Gasteiger partial charge in [0, 0.05) is 5.02 Å². The highest BCUT2D eigenvalue weighted by atomic mass is 35.5. The molecule has 1 aliphatic rings. The molecule has 1 saturated heterocycles. The van der Waals surface area contributed by atoms with E-state index in [1.54, 1.807) is 0 Å². The van der Waals surface area contributed by atoms with Crippen molar-refractivity contribution in [3.63, 3.8) is 0 Å². The first-order chi connectivity index (χ1) is 12.8. The fourth-order valence-corrected chi connectivity index (χ4v) is 3.99. The van der Waals surface area contributed by atoms with Gasteiger partial charge in [0.15, 0.2) is 0 Å². The summed E-state index contributed by atoms with van der Waals surface area (Å²) in [5, 5.41) is 0.779. The van der Waals surface area contributed by atoms with E-state index in [0.29, 0.717) is 0 Å². The van der Waals surface area contributed by atoms with Crippen molar-refractivity contribution in [2.45, 2.75) is 64.4 Å². The molecule has 0 spiro atoms. The van der Waals surface area contributed by atoms with Gasteiger partial charge in [-0.05, 0) is 54.0 Å². The van der Waals surface area contributed by atoms with E-state index in [-0.39, 0.29) is 6.10 Å². The summed E-state index contributed by atoms with van der Waals surface area (Å²) < 4.78 is 6.20. The monoisotopic (exact) mass is 370 g/mol. The van der Waals surface area contributed by atoms with Gasteiger partial charge in [0.1, 0.15) is 0 Å². The molecule has 2 heteroatoms. The highest BCUT2D eigenvalue weighted by Gasteiger charge is 2.22. The second-order valence-electron chi connectivity index (χ2n) is 7.60. The van der Waals surface area contributed by atoms with Crippen LogP contribution in [0.25, 0.3) is 11.1 Å². The van der Waals surface area contributed by atoms with Crippen LogP contribution in [-0.2, 0) is 4.74 Å². The Labute approximate surface area is 163 Å². The molecule has 0 radical (unpaired) electrons. The molecule has 2 aromatic carbocycles. The highest BCUT2D eigenvalue weighted by molar-refractivity contribution is 6.30. The molecule has 1 nitrogen and oxygen atoms in total. The lowest BCUT2D eigenvalue weighted by Crippen LogP contribution is -2.20. The third-order valence-electron chi connectivity index (χ3n) is 5.55. The summed E-state index contributed by atoms with van der Waals surface area (Å²) in [7, 11) is 0. The van der Waals surface area contributed by atoms with Crippen LogP contribution in [0.5, 0.6) is 0 Å². The molecule has 26 heavy (non-hydrogen) atoms. The zero-order chi connectivity index (χ0) is 18.2. The van der Waals surface area contributed by atoms with E-state index in [1.165, 1.54) is 61.6 Å². The zero-order valence-corrected chi connectivity index (χ0v) is 16.7. The maximum Gasteiger partial charge on any atom is 0.0825 e. The Morgan fingerprint density at radius 1 is 0.846 bits per heavy atom. The lowest BCUT2D eigenvalue weighted by atomic mass is 9.90. The summed E-state index contributed by atoms with van der Waals surface area (Å²) >= 11 is 5.98. The summed E-state index contributed by atoms with van der Waals surface area (Å²) in [6.07, 6.45) is 10.9. The smallest absolute Gasteiger partial charge is 0.0825 e. The van der Waals surface area contributed by atoms with Crippen LogP contribution in [0.1, 0.15) is 70.0 Å². The lowest BCUT2D eigenvalue weighted by Gasteiger charge is -2.29. The number of ether oxygens (including phenoxy) is 1. The second kappa shape index (κ2) is 10.1. The van der Waals surface area contributed by atoms with Crippen LogP contribution in [0.2, 0.25) is 5.02 Å². The molecule has 0 aliphatic carbocycles. The van der Waals surface area contributed by atoms with E-state index in [9.17, 15) is 0 Å². The first kappa shape index (κ1) is 19.5. The molecule has 0 aromatic heterocycles. The van der Waals surface area contributed by atoms with Crippen LogP contribution in [0.15, 0.2) is 48.5 Å². The molecular formula is C24H31ClO. The molecule has 3 rings (SSSR count). The van der Waals surface area contributed by atoms with Crippen molar-refractivity contribution in [1.29, 1.82) is 0 Å². The highest BCUT2D eigenvalue weighted by Crippen LogP contribution is 2.33. The van der Waals surface area contributed by atoms with Crippen molar-refractivity contribution >= 4 is 11.6 Å². The van der Waals surface area contributed by atoms with Gasteiger partial charge >= 0.3 is 0 Å². The van der Waals surface area contributed by atoms with Crippen molar-refractivity contribution in [1.82, 2.24) is 0 Å². The van der Waals surface area contributed by atoms with E-state index >= 15 is 0 Å². The number of rotatable bonds is 8. The summed E-state index contributed by atoms with van der Waals surface area (Å²) in [5.74, 6) is 0.765. The number of hydrogen-bond donors (Lipinski definition) is 0. The zero-order valence-electron chi connectivity index (χ0n) is 15.9. The molecular weight excluding hydrogens is 340 g/mol. The largest absolute Gasteiger partial charge is 0.373 e. The summed E-state index contributed by atoms with van der Waals surface area (Å²) in [6, 6.07) is 16.9. The maximum absolute atomic E-state index is 6.20. The van der Waals surface area contributed by atoms with Gasteiger partial charge in [-0.15, -0.1) is 0 Å². The van der Waals surface area contributed by atoms with Gasteiger partial charge < -0.3 is 4.74 Å². The Balaban J connectivity index is 1.46. The molecule has 1 fully saturated rings. The molecule has 0 bridgehead atoms. The molecule has 1 heterocycles. The molecule has 0 amide bonds. The topological polar surface area (TPSA) is 9.23 Å². The number of halogens is 1. The SMILES string of the molecule is CCCCCCCC1CCC(c2ccc(-c3ccc(Cl)cc3)cc2)OC1. The van der Waals surface area contributed by atoms with Gasteiger partial charge in [-0.2, -0.15) is 0 Å². The quantitative estimate of drug-likeness (QED) is 0.430. The number of benzene rings is 2. The van der Waals surface area contributed by atoms with E-state index < -0.39 is 0 Å². The minimum absolute atomic E-state index is 0.269. The predicted octanol–water partition coefficient (Wildman–Crippen LogP) is 7.84. The molecule has 2 atom stereocenters. The van der Waals surface area contributed by atoms with Gasteiger partial charge in [-0.1, -0.05) is 87.0 Å². The molecule has 0 N–H and O–H groups in total. The molecule has 2 aromatic rings. The Bertz CT molecular complexity index is 639. The Hall–Kier alpha value is -1.31. The Morgan fingerprint density at radius 3 is 2.12 bits per heavy atom. The van der Waals surface area contributed by atoms with Crippen LogP contribution in [0.4, 0.5) is 0 Å². The van der Waals surface area contributed by atoms with Gasteiger partial charge in [-0.25, -0.2) is 0 Å². The minimum atomic E-state index is 0.269. The van der Waals surface area contributed by atoms with Crippen LogP contribution in [0.3, 0.4) is 0 Å². The molecule has 2 unspecified atom stereocenters. The van der Waals surface area contributed by atoms with Gasteiger partial charge in [-0.3, -0.25) is 0 Å². The maximum atomic E-state index is 6.20. The van der Waals surface area contributed by atoms with Gasteiger partial charge in [0.05, 0.1) is 12.7 Å². The van der Waals surface area contributed by atoms with Crippen molar-refractivity contribution < 1.29 is 4.74 Å². The standard InChI is InChI=1S/C24H31ClO/c1-2-3-4-5-6-7-19-8-17-24(26-18-19)22-11-9-20(10-12-22)21-13-15-23(25)16-14-21/h9-16,19,24H,2-8,17-18H2,1H3. The number of hydrogen-bond acceptors (Lipinski definition) is 1. The average molecular weight is 371 g/mol. The van der Waals surface area contributed by atoms with Crippen molar-refractivity contribution in [2.24, 2.45) is 5.92 Å². The third kappa shape index (κ3) is 5.59. The predicted molar refractivity (Wildman–Crippen MR) is 112 cm³/mol. The normalized spacial score (nSPS) is 20.2. The Kier molecular flexibility index (Phi) is 7.58.